The molecule has 100 valence electrons. The highest BCUT2D eigenvalue weighted by atomic mass is 35.5. The SMILES string of the molecule is O=S(=O)(O)C(Nc1ccc(Cl)cc1)c1ccccc1. The summed E-state index contributed by atoms with van der Waals surface area (Å²) >= 11 is 5.76. The van der Waals surface area contributed by atoms with Crippen molar-refractivity contribution in [3.05, 3.63) is 65.2 Å². The van der Waals surface area contributed by atoms with E-state index in [2.05, 4.69) is 5.32 Å². The van der Waals surface area contributed by atoms with E-state index in [4.69, 9.17) is 11.6 Å². The van der Waals surface area contributed by atoms with Gasteiger partial charge in [0.2, 0.25) is 0 Å². The van der Waals surface area contributed by atoms with Gasteiger partial charge in [0.15, 0.2) is 5.37 Å². The first-order valence-electron chi connectivity index (χ1n) is 5.50. The van der Waals surface area contributed by atoms with Crippen LogP contribution in [0.1, 0.15) is 10.9 Å². The summed E-state index contributed by atoms with van der Waals surface area (Å²) in [5.41, 5.74) is 1.01. The predicted molar refractivity (Wildman–Crippen MR) is 75.8 cm³/mol. The molecule has 0 aliphatic rings. The van der Waals surface area contributed by atoms with Crippen LogP contribution in [0.2, 0.25) is 5.02 Å². The molecular formula is C13H12ClNO3S. The van der Waals surface area contributed by atoms with Crippen molar-refractivity contribution < 1.29 is 13.0 Å². The van der Waals surface area contributed by atoms with E-state index in [9.17, 15) is 13.0 Å². The molecule has 2 N–H and O–H groups in total. The lowest BCUT2D eigenvalue weighted by atomic mass is 10.2. The first-order chi connectivity index (χ1) is 8.97. The molecule has 1 atom stereocenters. The molecule has 0 aliphatic carbocycles. The third kappa shape index (κ3) is 3.70. The van der Waals surface area contributed by atoms with Crippen molar-refractivity contribution in [2.24, 2.45) is 0 Å². The summed E-state index contributed by atoms with van der Waals surface area (Å²) in [5, 5.41) is 2.10. The highest BCUT2D eigenvalue weighted by Gasteiger charge is 2.24. The Balaban J connectivity index is 2.33. The average Bonchev–Trinajstić information content (AvgIpc) is 2.37. The van der Waals surface area contributed by atoms with Gasteiger partial charge < -0.3 is 5.32 Å². The summed E-state index contributed by atoms with van der Waals surface area (Å²) in [6.45, 7) is 0. The van der Waals surface area contributed by atoms with Crippen LogP contribution < -0.4 is 5.32 Å². The van der Waals surface area contributed by atoms with Crippen molar-refractivity contribution in [1.82, 2.24) is 0 Å². The summed E-state index contributed by atoms with van der Waals surface area (Å²) in [6, 6.07) is 15.0. The number of hydrogen-bond acceptors (Lipinski definition) is 3. The fourth-order valence-electron chi connectivity index (χ4n) is 1.66. The number of rotatable bonds is 4. The minimum absolute atomic E-state index is 0.458. The number of nitrogens with one attached hydrogen (secondary N) is 1. The molecule has 2 rings (SSSR count). The number of halogens is 1. The highest BCUT2D eigenvalue weighted by molar-refractivity contribution is 7.86. The van der Waals surface area contributed by atoms with Gasteiger partial charge in [-0.1, -0.05) is 41.9 Å². The largest absolute Gasteiger partial charge is 0.363 e. The molecule has 0 aliphatic heterocycles. The van der Waals surface area contributed by atoms with Gasteiger partial charge in [-0.2, -0.15) is 8.42 Å². The Labute approximate surface area is 116 Å². The Morgan fingerprint density at radius 2 is 1.58 bits per heavy atom. The Morgan fingerprint density at radius 1 is 1.00 bits per heavy atom. The number of benzene rings is 2. The molecule has 0 fully saturated rings. The molecule has 0 radical (unpaired) electrons. The molecule has 0 bridgehead atoms. The lowest BCUT2D eigenvalue weighted by Gasteiger charge is -2.17. The lowest BCUT2D eigenvalue weighted by Crippen LogP contribution is -2.20. The molecule has 4 nitrogen and oxygen atoms in total. The van der Waals surface area contributed by atoms with E-state index in [-0.39, 0.29) is 0 Å². The van der Waals surface area contributed by atoms with Gasteiger partial charge in [-0.3, -0.25) is 4.55 Å². The van der Waals surface area contributed by atoms with Crippen LogP contribution in [0.3, 0.4) is 0 Å². The molecule has 2 aromatic rings. The Morgan fingerprint density at radius 3 is 2.11 bits per heavy atom. The molecule has 6 heteroatoms. The van der Waals surface area contributed by atoms with Gasteiger partial charge >= 0.3 is 0 Å². The molecule has 0 saturated heterocycles. The van der Waals surface area contributed by atoms with E-state index >= 15 is 0 Å². The second kappa shape index (κ2) is 5.61. The van der Waals surface area contributed by atoms with E-state index in [1.54, 1.807) is 54.6 Å². The zero-order valence-electron chi connectivity index (χ0n) is 9.82. The van der Waals surface area contributed by atoms with Crippen LogP contribution in [-0.2, 0) is 10.1 Å². The van der Waals surface area contributed by atoms with Crippen LogP contribution in [0.15, 0.2) is 54.6 Å². The Bertz CT molecular complexity index is 641. The summed E-state index contributed by atoms with van der Waals surface area (Å²) in [4.78, 5) is 0. The molecule has 1 unspecified atom stereocenters. The van der Waals surface area contributed by atoms with Crippen molar-refractivity contribution >= 4 is 27.4 Å². The Kier molecular flexibility index (Phi) is 4.09. The van der Waals surface area contributed by atoms with Crippen molar-refractivity contribution in [2.45, 2.75) is 5.37 Å². The van der Waals surface area contributed by atoms with Gasteiger partial charge in [0.05, 0.1) is 0 Å². The van der Waals surface area contributed by atoms with Crippen LogP contribution in [-0.4, -0.2) is 13.0 Å². The van der Waals surface area contributed by atoms with E-state index in [1.807, 2.05) is 0 Å². The van der Waals surface area contributed by atoms with E-state index in [1.165, 1.54) is 0 Å². The predicted octanol–water partition coefficient (Wildman–Crippen LogP) is 3.34. The molecule has 0 amide bonds. The van der Waals surface area contributed by atoms with Crippen LogP contribution in [0.5, 0.6) is 0 Å². The quantitative estimate of drug-likeness (QED) is 0.850. The van der Waals surface area contributed by atoms with Crippen molar-refractivity contribution in [3.63, 3.8) is 0 Å². The zero-order chi connectivity index (χ0) is 13.9. The van der Waals surface area contributed by atoms with Gasteiger partial charge in [-0.05, 0) is 29.8 Å². The summed E-state index contributed by atoms with van der Waals surface area (Å²) in [5.74, 6) is 0. The van der Waals surface area contributed by atoms with Crippen molar-refractivity contribution in [3.8, 4) is 0 Å². The average molecular weight is 298 g/mol. The fourth-order valence-corrected chi connectivity index (χ4v) is 2.57. The minimum Gasteiger partial charge on any atom is -0.363 e. The normalized spacial score (nSPS) is 12.9. The van der Waals surface area contributed by atoms with Gasteiger partial charge in [-0.15, -0.1) is 0 Å². The first kappa shape index (κ1) is 13.9. The molecule has 0 saturated carbocycles. The van der Waals surface area contributed by atoms with Crippen LogP contribution in [0.4, 0.5) is 5.69 Å². The van der Waals surface area contributed by atoms with Crippen LogP contribution in [0, 0.1) is 0 Å². The highest BCUT2D eigenvalue weighted by Crippen LogP contribution is 2.24. The minimum atomic E-state index is -4.27. The number of anilines is 1. The molecule has 19 heavy (non-hydrogen) atoms. The maximum atomic E-state index is 11.5. The third-order valence-corrected chi connectivity index (χ3v) is 3.78. The fraction of sp³-hybridized carbons (Fsp3) is 0.0769. The first-order valence-corrected chi connectivity index (χ1v) is 7.38. The maximum absolute atomic E-state index is 11.5. The van der Waals surface area contributed by atoms with Gasteiger partial charge in [0.1, 0.15) is 0 Å². The maximum Gasteiger partial charge on any atom is 0.290 e. The standard InChI is InChI=1S/C13H12ClNO3S/c14-11-6-8-12(9-7-11)15-13(19(16,17)18)10-4-2-1-3-5-10/h1-9,13,15H,(H,16,17,18). The van der Waals surface area contributed by atoms with Gasteiger partial charge in [0, 0.05) is 10.7 Å². The van der Waals surface area contributed by atoms with Crippen LogP contribution >= 0.6 is 11.6 Å². The van der Waals surface area contributed by atoms with Gasteiger partial charge in [0.25, 0.3) is 10.1 Å². The lowest BCUT2D eigenvalue weighted by molar-refractivity contribution is 0.473. The molecule has 0 aromatic heterocycles. The van der Waals surface area contributed by atoms with E-state index < -0.39 is 15.5 Å². The smallest absolute Gasteiger partial charge is 0.290 e. The second-order valence-electron chi connectivity index (χ2n) is 3.96. The molecular weight excluding hydrogens is 286 g/mol. The molecule has 0 heterocycles. The van der Waals surface area contributed by atoms with E-state index in [0.717, 1.165) is 0 Å². The monoisotopic (exact) mass is 297 g/mol. The number of hydrogen-bond donors (Lipinski definition) is 2. The topological polar surface area (TPSA) is 66.4 Å². The summed E-state index contributed by atoms with van der Waals surface area (Å²) < 4.78 is 32.3. The second-order valence-corrected chi connectivity index (χ2v) is 5.89. The Hall–Kier alpha value is -1.56. The molecule has 2 aromatic carbocycles. The third-order valence-electron chi connectivity index (χ3n) is 2.54. The zero-order valence-corrected chi connectivity index (χ0v) is 11.4. The summed E-state index contributed by atoms with van der Waals surface area (Å²) in [6.07, 6.45) is 0. The summed E-state index contributed by atoms with van der Waals surface area (Å²) in [7, 11) is -4.27. The molecule has 0 spiro atoms. The van der Waals surface area contributed by atoms with Crippen molar-refractivity contribution in [1.29, 1.82) is 0 Å². The van der Waals surface area contributed by atoms with Crippen LogP contribution in [0.25, 0.3) is 0 Å². The van der Waals surface area contributed by atoms with E-state index in [0.29, 0.717) is 16.3 Å². The van der Waals surface area contributed by atoms with Crippen molar-refractivity contribution in [2.75, 3.05) is 5.32 Å². The van der Waals surface area contributed by atoms with Gasteiger partial charge in [-0.25, -0.2) is 0 Å².